The monoisotopic (exact) mass is 229 g/mol. The van der Waals surface area contributed by atoms with Crippen molar-refractivity contribution in [2.75, 3.05) is 18.8 Å². The lowest BCUT2D eigenvalue weighted by molar-refractivity contribution is 0.105. The summed E-state index contributed by atoms with van der Waals surface area (Å²) in [7, 11) is 0. The summed E-state index contributed by atoms with van der Waals surface area (Å²) < 4.78 is 0. The van der Waals surface area contributed by atoms with Gasteiger partial charge >= 0.3 is 0 Å². The largest absolute Gasteiger partial charge is 0.300 e. The van der Waals surface area contributed by atoms with Gasteiger partial charge in [0.2, 0.25) is 0 Å². The molecule has 0 N–H and O–H groups in total. The molecule has 90 valence electrons. The Morgan fingerprint density at radius 2 is 2.00 bits per heavy atom. The molecule has 0 saturated carbocycles. The Morgan fingerprint density at radius 3 is 2.47 bits per heavy atom. The van der Waals surface area contributed by atoms with Crippen molar-refractivity contribution in [3.63, 3.8) is 0 Å². The summed E-state index contributed by atoms with van der Waals surface area (Å²) in [5.74, 6) is 1.72. The Bertz CT molecular complexity index is 185. The average molecular weight is 229 g/mol. The summed E-state index contributed by atoms with van der Waals surface area (Å²) in [6, 6.07) is 0.781. The highest BCUT2D eigenvalue weighted by molar-refractivity contribution is 7.80. The zero-order chi connectivity index (χ0) is 11.5. The second-order valence-corrected chi connectivity index (χ2v) is 6.45. The molecule has 2 heteroatoms. The van der Waals surface area contributed by atoms with Crippen LogP contribution in [0.3, 0.4) is 0 Å². The van der Waals surface area contributed by atoms with Crippen LogP contribution in [-0.4, -0.2) is 29.8 Å². The van der Waals surface area contributed by atoms with Gasteiger partial charge in [-0.3, -0.25) is 0 Å². The van der Waals surface area contributed by atoms with Gasteiger partial charge in [-0.15, -0.1) is 0 Å². The van der Waals surface area contributed by atoms with E-state index in [1.807, 2.05) is 0 Å². The van der Waals surface area contributed by atoms with Crippen molar-refractivity contribution >= 4 is 12.6 Å². The number of hydrogen-bond acceptors (Lipinski definition) is 2. The number of hydrogen-bond donors (Lipinski definition) is 1. The first-order valence-electron chi connectivity index (χ1n) is 6.30. The summed E-state index contributed by atoms with van der Waals surface area (Å²) in [6.45, 7) is 11.9. The van der Waals surface area contributed by atoms with Crippen molar-refractivity contribution in [3.8, 4) is 0 Å². The first-order chi connectivity index (χ1) is 6.95. The standard InChI is InChI=1S/C13H27NS/c1-11-7-5-6-8-14(11)9-12(10-15)13(2,3)4/h11-12,15H,5-10H2,1-4H3. The van der Waals surface area contributed by atoms with Crippen LogP contribution in [0, 0.1) is 11.3 Å². The lowest BCUT2D eigenvalue weighted by atomic mass is 9.81. The molecular formula is C13H27NS. The Kier molecular flexibility index (Phi) is 4.98. The van der Waals surface area contributed by atoms with Crippen LogP contribution < -0.4 is 0 Å². The van der Waals surface area contributed by atoms with E-state index in [4.69, 9.17) is 0 Å². The lowest BCUT2D eigenvalue weighted by Crippen LogP contribution is -2.43. The molecule has 0 aromatic carbocycles. The molecule has 1 fully saturated rings. The van der Waals surface area contributed by atoms with E-state index in [2.05, 4.69) is 45.2 Å². The van der Waals surface area contributed by atoms with E-state index in [0.29, 0.717) is 11.3 Å². The maximum Gasteiger partial charge on any atom is 0.00670 e. The number of rotatable bonds is 3. The predicted molar refractivity (Wildman–Crippen MR) is 71.7 cm³/mol. The first kappa shape index (κ1) is 13.4. The van der Waals surface area contributed by atoms with Gasteiger partial charge in [0.05, 0.1) is 0 Å². The summed E-state index contributed by atoms with van der Waals surface area (Å²) in [6.07, 6.45) is 4.18. The minimum absolute atomic E-state index is 0.388. The quantitative estimate of drug-likeness (QED) is 0.726. The Hall–Kier alpha value is 0.310. The molecule has 1 nitrogen and oxygen atoms in total. The molecule has 2 unspecified atom stereocenters. The second kappa shape index (κ2) is 5.58. The Labute approximate surface area is 101 Å². The van der Waals surface area contributed by atoms with Crippen molar-refractivity contribution in [1.29, 1.82) is 0 Å². The molecule has 0 amide bonds. The summed E-state index contributed by atoms with van der Waals surface area (Å²) in [5, 5.41) is 0. The van der Waals surface area contributed by atoms with E-state index in [-0.39, 0.29) is 0 Å². The number of nitrogens with zero attached hydrogens (tertiary/aromatic N) is 1. The molecule has 1 aliphatic rings. The molecule has 1 aliphatic heterocycles. The van der Waals surface area contributed by atoms with E-state index < -0.39 is 0 Å². The summed E-state index contributed by atoms with van der Waals surface area (Å²) >= 11 is 4.51. The zero-order valence-electron chi connectivity index (χ0n) is 10.8. The van der Waals surface area contributed by atoms with Crippen molar-refractivity contribution in [3.05, 3.63) is 0 Å². The van der Waals surface area contributed by atoms with Gasteiger partial charge in [0.25, 0.3) is 0 Å². The molecule has 0 radical (unpaired) electrons. The fraction of sp³-hybridized carbons (Fsp3) is 1.00. The molecule has 1 rings (SSSR count). The minimum atomic E-state index is 0.388. The van der Waals surface area contributed by atoms with Crippen LogP contribution in [0.1, 0.15) is 47.0 Å². The predicted octanol–water partition coefficient (Wildman–Crippen LogP) is 3.45. The lowest BCUT2D eigenvalue weighted by Gasteiger charge is -2.39. The fourth-order valence-corrected chi connectivity index (χ4v) is 2.98. The van der Waals surface area contributed by atoms with Gasteiger partial charge < -0.3 is 4.90 Å². The molecule has 0 aliphatic carbocycles. The van der Waals surface area contributed by atoms with Crippen LogP contribution in [0.4, 0.5) is 0 Å². The minimum Gasteiger partial charge on any atom is -0.300 e. The highest BCUT2D eigenvalue weighted by Crippen LogP contribution is 2.29. The van der Waals surface area contributed by atoms with Crippen molar-refractivity contribution in [2.45, 2.75) is 53.0 Å². The maximum atomic E-state index is 4.51. The molecule has 1 heterocycles. The van der Waals surface area contributed by atoms with Crippen LogP contribution >= 0.6 is 12.6 Å². The first-order valence-corrected chi connectivity index (χ1v) is 6.93. The molecule has 0 aromatic rings. The third-order valence-corrected chi connectivity index (χ3v) is 4.28. The molecule has 0 bridgehead atoms. The maximum absolute atomic E-state index is 4.51. The number of thiol groups is 1. The van der Waals surface area contributed by atoms with Crippen LogP contribution in [0.5, 0.6) is 0 Å². The van der Waals surface area contributed by atoms with E-state index in [0.717, 1.165) is 11.8 Å². The van der Waals surface area contributed by atoms with Crippen LogP contribution in [0.15, 0.2) is 0 Å². The molecule has 1 saturated heterocycles. The highest BCUT2D eigenvalue weighted by atomic mass is 32.1. The molecule has 15 heavy (non-hydrogen) atoms. The van der Waals surface area contributed by atoms with Crippen molar-refractivity contribution in [1.82, 2.24) is 4.90 Å². The third kappa shape index (κ3) is 3.99. The van der Waals surface area contributed by atoms with Crippen molar-refractivity contribution < 1.29 is 0 Å². The van der Waals surface area contributed by atoms with Crippen LogP contribution in [-0.2, 0) is 0 Å². The topological polar surface area (TPSA) is 3.24 Å². The SMILES string of the molecule is CC1CCCCN1CC(CS)C(C)(C)C. The number of likely N-dealkylation sites (tertiary alicyclic amines) is 1. The smallest absolute Gasteiger partial charge is 0.00670 e. The zero-order valence-corrected chi connectivity index (χ0v) is 11.7. The third-order valence-electron chi connectivity index (χ3n) is 3.84. The second-order valence-electron chi connectivity index (χ2n) is 6.09. The van der Waals surface area contributed by atoms with Gasteiger partial charge in [0.15, 0.2) is 0 Å². The van der Waals surface area contributed by atoms with Gasteiger partial charge in [-0.25, -0.2) is 0 Å². The van der Waals surface area contributed by atoms with Crippen LogP contribution in [0.25, 0.3) is 0 Å². The summed E-state index contributed by atoms with van der Waals surface area (Å²) in [4.78, 5) is 2.66. The molecule has 0 aromatic heterocycles. The Balaban J connectivity index is 2.50. The van der Waals surface area contributed by atoms with Gasteiger partial charge in [0, 0.05) is 12.6 Å². The number of piperidine rings is 1. The highest BCUT2D eigenvalue weighted by Gasteiger charge is 2.28. The van der Waals surface area contributed by atoms with Gasteiger partial charge in [-0.05, 0) is 43.4 Å². The average Bonchev–Trinajstić information content (AvgIpc) is 2.14. The summed E-state index contributed by atoms with van der Waals surface area (Å²) in [5.41, 5.74) is 0.388. The van der Waals surface area contributed by atoms with E-state index >= 15 is 0 Å². The van der Waals surface area contributed by atoms with E-state index in [9.17, 15) is 0 Å². The van der Waals surface area contributed by atoms with Gasteiger partial charge in [-0.1, -0.05) is 27.2 Å². The fourth-order valence-electron chi connectivity index (χ4n) is 2.32. The molecule has 2 atom stereocenters. The molecular weight excluding hydrogens is 202 g/mol. The van der Waals surface area contributed by atoms with Gasteiger partial charge in [-0.2, -0.15) is 12.6 Å². The Morgan fingerprint density at radius 1 is 1.33 bits per heavy atom. The van der Waals surface area contributed by atoms with E-state index in [1.165, 1.54) is 32.4 Å². The molecule has 0 spiro atoms. The van der Waals surface area contributed by atoms with E-state index in [1.54, 1.807) is 0 Å². The normalized spacial score (nSPS) is 26.6. The van der Waals surface area contributed by atoms with Gasteiger partial charge in [0.1, 0.15) is 0 Å². The van der Waals surface area contributed by atoms with Crippen LogP contribution in [0.2, 0.25) is 0 Å². The van der Waals surface area contributed by atoms with Crippen molar-refractivity contribution in [2.24, 2.45) is 11.3 Å².